The van der Waals surface area contributed by atoms with Crippen molar-refractivity contribution in [3.05, 3.63) is 54.3 Å². The number of hydrogen-bond acceptors (Lipinski definition) is 7. The van der Waals surface area contributed by atoms with Gasteiger partial charge in [-0.3, -0.25) is 9.48 Å². The molecule has 4 rings (SSSR count). The Hall–Kier alpha value is -4.03. The Balaban J connectivity index is 1.45. The van der Waals surface area contributed by atoms with Gasteiger partial charge in [-0.05, 0) is 52.3 Å². The van der Waals surface area contributed by atoms with Gasteiger partial charge in [0.15, 0.2) is 5.76 Å². The molecule has 0 radical (unpaired) electrons. The van der Waals surface area contributed by atoms with Crippen LogP contribution in [0.4, 0.5) is 18.0 Å². The number of halogens is 3. The van der Waals surface area contributed by atoms with E-state index in [1.807, 2.05) is 13.0 Å². The summed E-state index contributed by atoms with van der Waals surface area (Å²) >= 11 is 0. The zero-order valence-corrected chi connectivity index (χ0v) is 21.3. The largest absolute Gasteiger partial charge is 0.573 e. The Bertz CT molecular complexity index is 1300. The molecule has 1 aliphatic rings. The molecule has 3 heterocycles. The third-order valence-corrected chi connectivity index (χ3v) is 5.74. The van der Waals surface area contributed by atoms with E-state index in [0.717, 1.165) is 17.8 Å². The van der Waals surface area contributed by atoms with Gasteiger partial charge < -0.3 is 24.1 Å². The second-order valence-corrected chi connectivity index (χ2v) is 9.95. The van der Waals surface area contributed by atoms with E-state index in [4.69, 9.17) is 9.15 Å². The molecule has 1 N–H and O–H groups in total. The first-order valence-electron chi connectivity index (χ1n) is 11.9. The third-order valence-electron chi connectivity index (χ3n) is 5.74. The number of alkyl halides is 3. The summed E-state index contributed by atoms with van der Waals surface area (Å²) in [7, 11) is 0. The van der Waals surface area contributed by atoms with Crippen LogP contribution in [0.3, 0.4) is 0 Å². The maximum atomic E-state index is 12.9. The van der Waals surface area contributed by atoms with Crippen LogP contribution < -0.4 is 10.1 Å². The molecule has 0 aliphatic carbocycles. The topological polar surface area (TPSA) is 112 Å². The fourth-order valence-electron chi connectivity index (χ4n) is 4.13. The van der Waals surface area contributed by atoms with Gasteiger partial charge in [-0.2, -0.15) is 5.10 Å². The molecule has 1 aromatic carbocycles. The molecule has 0 saturated carbocycles. The molecule has 13 heteroatoms. The summed E-state index contributed by atoms with van der Waals surface area (Å²) < 4.78 is 54.4. The first kappa shape index (κ1) is 27.0. The summed E-state index contributed by atoms with van der Waals surface area (Å²) in [5, 5.41) is 7.12. The summed E-state index contributed by atoms with van der Waals surface area (Å²) in [4.78, 5) is 31.3. The molecule has 2 atom stereocenters. The normalized spacial score (nSPS) is 17.9. The van der Waals surface area contributed by atoms with E-state index in [0.29, 0.717) is 13.0 Å². The molecule has 10 nitrogen and oxygen atoms in total. The van der Waals surface area contributed by atoms with Gasteiger partial charge in [0.2, 0.25) is 0 Å². The molecule has 3 aromatic rings. The van der Waals surface area contributed by atoms with Crippen molar-refractivity contribution in [2.45, 2.75) is 64.7 Å². The number of amides is 2. The average molecular weight is 536 g/mol. The fourth-order valence-corrected chi connectivity index (χ4v) is 4.13. The monoisotopic (exact) mass is 535 g/mol. The van der Waals surface area contributed by atoms with Gasteiger partial charge >= 0.3 is 18.4 Å². The molecule has 2 aromatic heterocycles. The van der Waals surface area contributed by atoms with Crippen molar-refractivity contribution in [2.24, 2.45) is 0 Å². The number of oxazole rings is 1. The third kappa shape index (κ3) is 6.84. The number of benzene rings is 1. The minimum atomic E-state index is -4.84. The van der Waals surface area contributed by atoms with Crippen molar-refractivity contribution in [3.63, 3.8) is 0 Å². The van der Waals surface area contributed by atoms with Gasteiger partial charge in [-0.1, -0.05) is 12.1 Å². The molecule has 204 valence electrons. The van der Waals surface area contributed by atoms with Gasteiger partial charge in [-0.15, -0.1) is 13.2 Å². The number of aromatic nitrogens is 3. The van der Waals surface area contributed by atoms with Crippen LogP contribution in [0.5, 0.6) is 5.75 Å². The maximum Gasteiger partial charge on any atom is 0.573 e. The highest BCUT2D eigenvalue weighted by molar-refractivity contribution is 5.90. The van der Waals surface area contributed by atoms with Crippen molar-refractivity contribution >= 4 is 12.0 Å². The summed E-state index contributed by atoms with van der Waals surface area (Å²) in [6, 6.07) is 6.30. The highest BCUT2D eigenvalue weighted by atomic mass is 19.4. The maximum absolute atomic E-state index is 12.9. The summed E-state index contributed by atoms with van der Waals surface area (Å²) in [6.45, 7) is 7.86. The molecule has 1 fully saturated rings. The number of ether oxygens (including phenoxy) is 2. The van der Waals surface area contributed by atoms with E-state index in [-0.39, 0.29) is 29.8 Å². The number of aryl methyl sites for hydroxylation is 1. The van der Waals surface area contributed by atoms with Crippen LogP contribution in [0.15, 0.2) is 47.1 Å². The van der Waals surface area contributed by atoms with Gasteiger partial charge in [0.05, 0.1) is 18.8 Å². The number of carbonyl (C=O) groups is 2. The molecule has 1 aliphatic heterocycles. The SMILES string of the molecule is Cc1ccnn1CC1CC(NC(=O)c2ncc(-c3cccc(OC(F)(F)F)c3)o2)CN1C(=O)OC(C)(C)C. The average Bonchev–Trinajstić information content (AvgIpc) is 3.53. The zero-order valence-electron chi connectivity index (χ0n) is 21.3. The predicted octanol–water partition coefficient (Wildman–Crippen LogP) is 4.55. The van der Waals surface area contributed by atoms with E-state index in [2.05, 4.69) is 20.1 Å². The minimum Gasteiger partial charge on any atom is -0.444 e. The predicted molar refractivity (Wildman–Crippen MR) is 128 cm³/mol. The Kier molecular flexibility index (Phi) is 7.38. The van der Waals surface area contributed by atoms with Gasteiger partial charge in [-0.25, -0.2) is 9.78 Å². The van der Waals surface area contributed by atoms with Crippen molar-refractivity contribution in [2.75, 3.05) is 6.54 Å². The zero-order chi connectivity index (χ0) is 27.7. The second kappa shape index (κ2) is 10.4. The quantitative estimate of drug-likeness (QED) is 0.493. The van der Waals surface area contributed by atoms with Crippen LogP contribution in [0.2, 0.25) is 0 Å². The number of rotatable bonds is 6. The summed E-state index contributed by atoms with van der Waals surface area (Å²) in [6.07, 6.45) is -1.98. The van der Waals surface area contributed by atoms with E-state index in [1.165, 1.54) is 18.3 Å². The minimum absolute atomic E-state index is 0.0941. The summed E-state index contributed by atoms with van der Waals surface area (Å²) in [5.41, 5.74) is 0.491. The molecule has 1 saturated heterocycles. The van der Waals surface area contributed by atoms with Crippen molar-refractivity contribution in [1.29, 1.82) is 0 Å². The Morgan fingerprint density at radius 1 is 1.21 bits per heavy atom. The smallest absolute Gasteiger partial charge is 0.444 e. The Morgan fingerprint density at radius 2 is 1.97 bits per heavy atom. The Morgan fingerprint density at radius 3 is 2.63 bits per heavy atom. The lowest BCUT2D eigenvalue weighted by molar-refractivity contribution is -0.274. The molecule has 0 bridgehead atoms. The van der Waals surface area contributed by atoms with E-state index in [1.54, 1.807) is 36.5 Å². The standard InChI is InChI=1S/C25H28F3N5O5/c1-15-8-9-30-33(15)14-18-11-17(13-32(18)23(35)38-24(2,3)4)31-21(34)22-29-12-20(36-22)16-6-5-7-19(10-16)37-25(26,27)28/h5-10,12,17-18H,11,13-14H2,1-4H3,(H,31,34). The van der Waals surface area contributed by atoms with E-state index in [9.17, 15) is 22.8 Å². The van der Waals surface area contributed by atoms with Crippen molar-refractivity contribution in [1.82, 2.24) is 25.0 Å². The van der Waals surface area contributed by atoms with Crippen LogP contribution >= 0.6 is 0 Å². The second-order valence-electron chi connectivity index (χ2n) is 9.95. The number of hydrogen-bond donors (Lipinski definition) is 1. The van der Waals surface area contributed by atoms with Crippen LogP contribution in [0, 0.1) is 6.92 Å². The van der Waals surface area contributed by atoms with Crippen molar-refractivity contribution in [3.8, 4) is 17.1 Å². The highest BCUT2D eigenvalue weighted by Gasteiger charge is 2.39. The van der Waals surface area contributed by atoms with Crippen LogP contribution in [0.25, 0.3) is 11.3 Å². The molecule has 2 amide bonds. The lowest BCUT2D eigenvalue weighted by atomic mass is 10.1. The van der Waals surface area contributed by atoms with Crippen molar-refractivity contribution < 1.29 is 36.7 Å². The van der Waals surface area contributed by atoms with Gasteiger partial charge in [0.25, 0.3) is 5.89 Å². The first-order valence-corrected chi connectivity index (χ1v) is 11.9. The fraction of sp³-hybridized carbons (Fsp3) is 0.440. The number of nitrogens with one attached hydrogen (secondary N) is 1. The molecular formula is C25H28F3N5O5. The lowest BCUT2D eigenvalue weighted by Crippen LogP contribution is -2.43. The number of carbonyl (C=O) groups excluding carboxylic acids is 2. The van der Waals surface area contributed by atoms with Crippen LogP contribution in [-0.2, 0) is 11.3 Å². The lowest BCUT2D eigenvalue weighted by Gasteiger charge is -2.28. The number of nitrogens with zero attached hydrogens (tertiary/aromatic N) is 4. The van der Waals surface area contributed by atoms with E-state index < -0.39 is 35.8 Å². The Labute approximate surface area is 216 Å². The van der Waals surface area contributed by atoms with Crippen LogP contribution in [-0.4, -0.2) is 62.3 Å². The van der Waals surface area contributed by atoms with Gasteiger partial charge in [0, 0.05) is 30.0 Å². The summed E-state index contributed by atoms with van der Waals surface area (Å²) in [5.74, 6) is -1.22. The molecule has 2 unspecified atom stereocenters. The molecule has 0 spiro atoms. The van der Waals surface area contributed by atoms with E-state index >= 15 is 0 Å². The van der Waals surface area contributed by atoms with Crippen LogP contribution in [0.1, 0.15) is 43.6 Å². The molecule has 38 heavy (non-hydrogen) atoms. The highest BCUT2D eigenvalue weighted by Crippen LogP contribution is 2.29. The van der Waals surface area contributed by atoms with Gasteiger partial charge in [0.1, 0.15) is 11.4 Å². The first-order chi connectivity index (χ1) is 17.8. The number of likely N-dealkylation sites (tertiary alicyclic amines) is 1. The molecular weight excluding hydrogens is 507 g/mol.